The highest BCUT2D eigenvalue weighted by Gasteiger charge is 2.64. The van der Waals surface area contributed by atoms with Gasteiger partial charge in [-0.3, -0.25) is 0 Å². The summed E-state index contributed by atoms with van der Waals surface area (Å²) in [5, 5.41) is 0. The van der Waals surface area contributed by atoms with E-state index in [1.54, 1.807) is 0 Å². The van der Waals surface area contributed by atoms with E-state index in [0.717, 1.165) is 0 Å². The fourth-order valence-electron chi connectivity index (χ4n) is 3.40. The first-order valence-corrected chi connectivity index (χ1v) is 5.53. The third-order valence-corrected chi connectivity index (χ3v) is 3.97. The Morgan fingerprint density at radius 1 is 1.07 bits per heavy atom. The Morgan fingerprint density at radius 3 is 2.20 bits per heavy atom. The fourth-order valence-corrected chi connectivity index (χ4v) is 3.40. The Bertz CT molecular complexity index is 327. The van der Waals surface area contributed by atoms with Gasteiger partial charge in [-0.05, 0) is 43.1 Å². The molecule has 2 N–H and O–H groups in total. The summed E-state index contributed by atoms with van der Waals surface area (Å²) in [5.74, 6) is 0. The molecular weight excluding hydrogens is 206 g/mol. The minimum absolute atomic E-state index is 0. The topological polar surface area (TPSA) is 26.0 Å². The van der Waals surface area contributed by atoms with E-state index in [4.69, 9.17) is 5.73 Å². The third-order valence-electron chi connectivity index (χ3n) is 3.97. The quantitative estimate of drug-likeness (QED) is 0.838. The summed E-state index contributed by atoms with van der Waals surface area (Å²) in [6.45, 7) is 0. The first-order valence-electron chi connectivity index (χ1n) is 5.53. The summed E-state index contributed by atoms with van der Waals surface area (Å²) >= 11 is 0. The van der Waals surface area contributed by atoms with Gasteiger partial charge >= 0.3 is 0 Å². The highest BCUT2D eigenvalue weighted by Crippen LogP contribution is 2.67. The largest absolute Gasteiger partial charge is 0.325 e. The smallest absolute Gasteiger partial charge is 0.0170 e. The van der Waals surface area contributed by atoms with Gasteiger partial charge in [0.05, 0.1) is 0 Å². The van der Waals surface area contributed by atoms with Crippen molar-refractivity contribution in [3.63, 3.8) is 0 Å². The van der Waals surface area contributed by atoms with E-state index in [2.05, 4.69) is 30.3 Å². The van der Waals surface area contributed by atoms with Crippen molar-refractivity contribution in [3.05, 3.63) is 35.9 Å². The van der Waals surface area contributed by atoms with Gasteiger partial charge in [0.2, 0.25) is 0 Å². The van der Waals surface area contributed by atoms with Gasteiger partial charge in [0.15, 0.2) is 0 Å². The Kier molecular flexibility index (Phi) is 2.56. The molecule has 3 fully saturated rings. The van der Waals surface area contributed by atoms with Crippen molar-refractivity contribution in [3.8, 4) is 0 Å². The lowest BCUT2D eigenvalue weighted by molar-refractivity contribution is -0.135. The van der Waals surface area contributed by atoms with E-state index in [-0.39, 0.29) is 17.9 Å². The summed E-state index contributed by atoms with van der Waals surface area (Å²) < 4.78 is 0. The molecule has 3 saturated carbocycles. The predicted octanol–water partition coefficient (Wildman–Crippen LogP) is 2.92. The molecule has 0 aromatic heterocycles. The SMILES string of the molecule is Cl.NC12CC(CCc3ccccc3)(C1)C2. The standard InChI is InChI=1S/C13H17N.ClH/c14-13-8-12(9-13,10-13)7-6-11-4-2-1-3-5-11;/h1-5H,6-10,14H2;1H. The molecule has 0 unspecified atom stereocenters. The molecule has 3 aliphatic carbocycles. The Balaban J connectivity index is 0.000000853. The molecule has 0 aliphatic heterocycles. The van der Waals surface area contributed by atoms with Crippen LogP contribution in [0, 0.1) is 5.41 Å². The molecule has 0 amide bonds. The summed E-state index contributed by atoms with van der Waals surface area (Å²) in [7, 11) is 0. The van der Waals surface area contributed by atoms with Gasteiger partial charge in [0, 0.05) is 5.54 Å². The van der Waals surface area contributed by atoms with Crippen LogP contribution in [0.1, 0.15) is 31.2 Å². The zero-order valence-electron chi connectivity index (χ0n) is 8.91. The number of benzene rings is 1. The molecule has 1 aromatic rings. The summed E-state index contributed by atoms with van der Waals surface area (Å²) in [6, 6.07) is 10.8. The van der Waals surface area contributed by atoms with E-state index >= 15 is 0 Å². The summed E-state index contributed by atoms with van der Waals surface area (Å²) in [6.07, 6.45) is 6.43. The van der Waals surface area contributed by atoms with Crippen molar-refractivity contribution >= 4 is 12.4 Å². The maximum Gasteiger partial charge on any atom is 0.0170 e. The van der Waals surface area contributed by atoms with Gasteiger partial charge in [0.25, 0.3) is 0 Å². The molecule has 3 aliphatic rings. The van der Waals surface area contributed by atoms with E-state index in [1.165, 1.54) is 37.7 Å². The second kappa shape index (κ2) is 3.50. The van der Waals surface area contributed by atoms with Crippen LogP contribution in [-0.4, -0.2) is 5.54 Å². The number of hydrogen-bond acceptors (Lipinski definition) is 1. The molecule has 4 rings (SSSR count). The first kappa shape index (κ1) is 11.0. The normalized spacial score (nSPS) is 36.1. The van der Waals surface area contributed by atoms with Crippen LogP contribution < -0.4 is 5.73 Å². The van der Waals surface area contributed by atoms with Crippen LogP contribution in [-0.2, 0) is 6.42 Å². The number of nitrogens with two attached hydrogens (primary N) is 1. The average Bonchev–Trinajstić information content (AvgIpc) is 2.11. The minimum atomic E-state index is 0. The predicted molar refractivity (Wildman–Crippen MR) is 65.2 cm³/mol. The second-order valence-corrected chi connectivity index (χ2v) is 5.38. The van der Waals surface area contributed by atoms with Crippen molar-refractivity contribution in [1.82, 2.24) is 0 Å². The lowest BCUT2D eigenvalue weighted by Gasteiger charge is -2.69. The van der Waals surface area contributed by atoms with Gasteiger partial charge in [0.1, 0.15) is 0 Å². The van der Waals surface area contributed by atoms with Gasteiger partial charge < -0.3 is 5.73 Å². The number of halogens is 1. The monoisotopic (exact) mass is 223 g/mol. The van der Waals surface area contributed by atoms with Gasteiger partial charge in [-0.2, -0.15) is 0 Å². The maximum atomic E-state index is 6.04. The minimum Gasteiger partial charge on any atom is -0.325 e. The molecule has 82 valence electrons. The lowest BCUT2D eigenvalue weighted by Crippen LogP contribution is -2.72. The molecule has 0 atom stereocenters. The van der Waals surface area contributed by atoms with Gasteiger partial charge in [-0.25, -0.2) is 0 Å². The zero-order chi connectivity index (χ0) is 9.65. The number of aryl methyl sites for hydroxylation is 1. The lowest BCUT2D eigenvalue weighted by atomic mass is 9.38. The summed E-state index contributed by atoms with van der Waals surface area (Å²) in [4.78, 5) is 0. The fraction of sp³-hybridized carbons (Fsp3) is 0.538. The highest BCUT2D eigenvalue weighted by atomic mass is 35.5. The summed E-state index contributed by atoms with van der Waals surface area (Å²) in [5.41, 5.74) is 8.45. The van der Waals surface area contributed by atoms with Crippen LogP contribution in [0.25, 0.3) is 0 Å². The van der Waals surface area contributed by atoms with Crippen LogP contribution in [0.4, 0.5) is 0 Å². The molecule has 2 heteroatoms. The number of rotatable bonds is 3. The van der Waals surface area contributed by atoms with Crippen molar-refractivity contribution < 1.29 is 0 Å². The molecular formula is C13H18ClN. The molecule has 15 heavy (non-hydrogen) atoms. The Morgan fingerprint density at radius 2 is 1.67 bits per heavy atom. The van der Waals surface area contributed by atoms with E-state index in [0.29, 0.717) is 5.41 Å². The van der Waals surface area contributed by atoms with Crippen molar-refractivity contribution in [2.24, 2.45) is 11.1 Å². The Labute approximate surface area is 97.5 Å². The van der Waals surface area contributed by atoms with Crippen LogP contribution in [0.5, 0.6) is 0 Å². The van der Waals surface area contributed by atoms with Crippen LogP contribution >= 0.6 is 12.4 Å². The average molecular weight is 224 g/mol. The molecule has 0 heterocycles. The molecule has 0 radical (unpaired) electrons. The van der Waals surface area contributed by atoms with Crippen molar-refractivity contribution in [1.29, 1.82) is 0 Å². The maximum absolute atomic E-state index is 6.04. The van der Waals surface area contributed by atoms with Crippen molar-refractivity contribution in [2.75, 3.05) is 0 Å². The van der Waals surface area contributed by atoms with Crippen LogP contribution in [0.3, 0.4) is 0 Å². The Hall–Kier alpha value is -0.530. The molecule has 0 saturated heterocycles. The van der Waals surface area contributed by atoms with Crippen LogP contribution in [0.15, 0.2) is 30.3 Å². The zero-order valence-corrected chi connectivity index (χ0v) is 9.72. The second-order valence-electron chi connectivity index (χ2n) is 5.38. The van der Waals surface area contributed by atoms with E-state index in [1.807, 2.05) is 0 Å². The van der Waals surface area contributed by atoms with E-state index < -0.39 is 0 Å². The number of hydrogen-bond donors (Lipinski definition) is 1. The molecule has 1 aromatic carbocycles. The van der Waals surface area contributed by atoms with Crippen molar-refractivity contribution in [2.45, 2.75) is 37.6 Å². The van der Waals surface area contributed by atoms with Gasteiger partial charge in [-0.1, -0.05) is 30.3 Å². The van der Waals surface area contributed by atoms with E-state index in [9.17, 15) is 0 Å². The molecule has 0 spiro atoms. The third kappa shape index (κ3) is 1.79. The van der Waals surface area contributed by atoms with Crippen LogP contribution in [0.2, 0.25) is 0 Å². The van der Waals surface area contributed by atoms with Gasteiger partial charge in [-0.15, -0.1) is 12.4 Å². The highest BCUT2D eigenvalue weighted by molar-refractivity contribution is 5.85. The molecule has 1 nitrogen and oxygen atoms in total. The molecule has 2 bridgehead atoms. The first-order chi connectivity index (χ1) is 6.70.